The Morgan fingerprint density at radius 1 is 1.32 bits per heavy atom. The molecule has 0 heterocycles. The van der Waals surface area contributed by atoms with E-state index < -0.39 is 17.5 Å². The minimum atomic E-state index is -1.13. The summed E-state index contributed by atoms with van der Waals surface area (Å²) in [6.07, 6.45) is 1.84. The molecular weight excluding hydrogens is 250 g/mol. The van der Waals surface area contributed by atoms with Crippen LogP contribution in [0.5, 0.6) is 0 Å². The van der Waals surface area contributed by atoms with Gasteiger partial charge < -0.3 is 11.1 Å². The highest BCUT2D eigenvalue weighted by molar-refractivity contribution is 5.94. The van der Waals surface area contributed by atoms with Gasteiger partial charge in [0.15, 0.2) is 11.6 Å². The van der Waals surface area contributed by atoms with Crippen LogP contribution in [0.25, 0.3) is 0 Å². The number of carbonyl (C=O) groups is 1. The van der Waals surface area contributed by atoms with E-state index in [-0.39, 0.29) is 18.2 Å². The van der Waals surface area contributed by atoms with E-state index >= 15 is 0 Å². The van der Waals surface area contributed by atoms with Gasteiger partial charge in [-0.05, 0) is 18.1 Å². The highest BCUT2D eigenvalue weighted by atomic mass is 19.2. The van der Waals surface area contributed by atoms with E-state index in [1.165, 1.54) is 12.1 Å². The van der Waals surface area contributed by atoms with Gasteiger partial charge in [0.05, 0.1) is 5.56 Å². The normalized spacial score (nSPS) is 12.5. The molecule has 3 N–H and O–H groups in total. The third-order valence-electron chi connectivity index (χ3n) is 3.35. The molecule has 0 bridgehead atoms. The minimum Gasteiger partial charge on any atom is -0.350 e. The molecule has 0 aromatic heterocycles. The molecule has 5 heteroatoms. The van der Waals surface area contributed by atoms with Crippen LogP contribution >= 0.6 is 0 Å². The zero-order chi connectivity index (χ0) is 14.4. The molecule has 0 fully saturated rings. The van der Waals surface area contributed by atoms with E-state index in [1.807, 2.05) is 13.8 Å². The molecule has 19 heavy (non-hydrogen) atoms. The van der Waals surface area contributed by atoms with Gasteiger partial charge in [-0.15, -0.1) is 0 Å². The van der Waals surface area contributed by atoms with Crippen LogP contribution in [0.4, 0.5) is 8.78 Å². The van der Waals surface area contributed by atoms with E-state index in [2.05, 4.69) is 5.32 Å². The lowest BCUT2D eigenvalue weighted by Crippen LogP contribution is -2.42. The first-order valence-corrected chi connectivity index (χ1v) is 6.49. The first-order valence-electron chi connectivity index (χ1n) is 6.49. The lowest BCUT2D eigenvalue weighted by molar-refractivity contribution is 0.0943. The molecule has 106 valence electrons. The molecule has 1 amide bonds. The lowest BCUT2D eigenvalue weighted by Gasteiger charge is -2.21. The molecule has 1 aromatic rings. The molecule has 0 aliphatic rings. The number of hydrogen-bond donors (Lipinski definition) is 2. The highest BCUT2D eigenvalue weighted by Gasteiger charge is 2.18. The quantitative estimate of drug-likeness (QED) is 0.834. The van der Waals surface area contributed by atoms with Crippen molar-refractivity contribution in [3.63, 3.8) is 0 Å². The number of halogens is 2. The fourth-order valence-corrected chi connectivity index (χ4v) is 2.05. The Morgan fingerprint density at radius 3 is 2.53 bits per heavy atom. The summed E-state index contributed by atoms with van der Waals surface area (Å²) in [6, 6.07) is 3.34. The molecule has 1 rings (SSSR count). The molecule has 1 aromatic carbocycles. The smallest absolute Gasteiger partial charge is 0.254 e. The van der Waals surface area contributed by atoms with Crippen molar-refractivity contribution in [1.29, 1.82) is 0 Å². The van der Waals surface area contributed by atoms with Crippen LogP contribution in [-0.4, -0.2) is 18.5 Å². The van der Waals surface area contributed by atoms with Crippen molar-refractivity contribution in [2.75, 3.05) is 6.54 Å². The zero-order valence-corrected chi connectivity index (χ0v) is 11.2. The van der Waals surface area contributed by atoms with Gasteiger partial charge >= 0.3 is 0 Å². The molecule has 0 radical (unpaired) electrons. The third-order valence-corrected chi connectivity index (χ3v) is 3.35. The predicted molar refractivity (Wildman–Crippen MR) is 70.7 cm³/mol. The topological polar surface area (TPSA) is 55.1 Å². The van der Waals surface area contributed by atoms with Gasteiger partial charge in [-0.1, -0.05) is 32.8 Å². The van der Waals surface area contributed by atoms with Gasteiger partial charge in [0, 0.05) is 12.6 Å². The highest BCUT2D eigenvalue weighted by Crippen LogP contribution is 2.13. The summed E-state index contributed by atoms with van der Waals surface area (Å²) in [5, 5.41) is 2.55. The van der Waals surface area contributed by atoms with Crippen molar-refractivity contribution in [3.05, 3.63) is 35.4 Å². The largest absolute Gasteiger partial charge is 0.350 e. The van der Waals surface area contributed by atoms with Crippen LogP contribution in [-0.2, 0) is 0 Å². The Hall–Kier alpha value is -1.49. The maximum absolute atomic E-state index is 13.4. The molecule has 0 aliphatic heterocycles. The van der Waals surface area contributed by atoms with Crippen molar-refractivity contribution in [3.8, 4) is 0 Å². The van der Waals surface area contributed by atoms with Crippen LogP contribution in [0, 0.1) is 17.6 Å². The van der Waals surface area contributed by atoms with Crippen LogP contribution in [0.2, 0.25) is 0 Å². The standard InChI is InChI=1S/C14H20F2N2O/c1-3-9(4-2)12(17)8-18-14(19)10-6-5-7-11(15)13(10)16/h5-7,9,12H,3-4,8,17H2,1-2H3,(H,18,19). The van der Waals surface area contributed by atoms with Gasteiger partial charge in [-0.3, -0.25) is 4.79 Å². The summed E-state index contributed by atoms with van der Waals surface area (Å²) in [5.41, 5.74) is 5.66. The maximum Gasteiger partial charge on any atom is 0.254 e. The predicted octanol–water partition coefficient (Wildman–Crippen LogP) is 2.46. The maximum atomic E-state index is 13.4. The lowest BCUT2D eigenvalue weighted by atomic mass is 9.95. The van der Waals surface area contributed by atoms with Crippen molar-refractivity contribution >= 4 is 5.91 Å². The second-order valence-electron chi connectivity index (χ2n) is 4.55. The Bertz CT molecular complexity index is 433. The molecule has 1 atom stereocenters. The van der Waals surface area contributed by atoms with Gasteiger partial charge in [0.1, 0.15) is 0 Å². The minimum absolute atomic E-state index is 0.185. The SMILES string of the molecule is CCC(CC)C(N)CNC(=O)c1cccc(F)c1F. The first kappa shape index (κ1) is 15.6. The molecular formula is C14H20F2N2O. The van der Waals surface area contributed by atoms with Gasteiger partial charge in [-0.25, -0.2) is 8.78 Å². The van der Waals surface area contributed by atoms with Crippen LogP contribution in [0.15, 0.2) is 18.2 Å². The van der Waals surface area contributed by atoms with Crippen molar-refractivity contribution in [1.82, 2.24) is 5.32 Å². The van der Waals surface area contributed by atoms with Crippen LogP contribution in [0.3, 0.4) is 0 Å². The summed E-state index contributed by atoms with van der Waals surface area (Å²) < 4.78 is 26.4. The van der Waals surface area contributed by atoms with Gasteiger partial charge in [-0.2, -0.15) is 0 Å². The summed E-state index contributed by atoms with van der Waals surface area (Å²) in [4.78, 5) is 11.7. The van der Waals surface area contributed by atoms with Crippen molar-refractivity contribution in [2.24, 2.45) is 11.7 Å². The molecule has 0 spiro atoms. The monoisotopic (exact) mass is 270 g/mol. The number of amides is 1. The Labute approximate surface area is 112 Å². The zero-order valence-electron chi connectivity index (χ0n) is 11.2. The summed E-state index contributed by atoms with van der Waals surface area (Å²) in [5.74, 6) is -2.50. The fourth-order valence-electron chi connectivity index (χ4n) is 2.05. The van der Waals surface area contributed by atoms with Crippen molar-refractivity contribution in [2.45, 2.75) is 32.7 Å². The molecule has 1 unspecified atom stereocenters. The number of carbonyl (C=O) groups excluding carboxylic acids is 1. The number of benzene rings is 1. The number of nitrogens with one attached hydrogen (secondary N) is 1. The first-order chi connectivity index (χ1) is 9.01. The average Bonchev–Trinajstić information content (AvgIpc) is 2.40. The summed E-state index contributed by atoms with van der Waals surface area (Å²) in [6.45, 7) is 4.31. The van der Waals surface area contributed by atoms with E-state index in [0.29, 0.717) is 5.92 Å². The van der Waals surface area contributed by atoms with E-state index in [9.17, 15) is 13.6 Å². The fraction of sp³-hybridized carbons (Fsp3) is 0.500. The third kappa shape index (κ3) is 3.99. The number of hydrogen-bond acceptors (Lipinski definition) is 2. The van der Waals surface area contributed by atoms with Crippen molar-refractivity contribution < 1.29 is 13.6 Å². The van der Waals surface area contributed by atoms with Crippen LogP contribution < -0.4 is 11.1 Å². The second-order valence-corrected chi connectivity index (χ2v) is 4.55. The van der Waals surface area contributed by atoms with E-state index in [4.69, 9.17) is 5.73 Å². The summed E-state index contributed by atoms with van der Waals surface area (Å²) >= 11 is 0. The number of rotatable bonds is 6. The van der Waals surface area contributed by atoms with Gasteiger partial charge in [0.25, 0.3) is 5.91 Å². The Morgan fingerprint density at radius 2 is 1.95 bits per heavy atom. The van der Waals surface area contributed by atoms with Gasteiger partial charge in [0.2, 0.25) is 0 Å². The molecule has 0 saturated heterocycles. The Balaban J connectivity index is 2.63. The molecule has 0 saturated carbocycles. The number of nitrogens with two attached hydrogens (primary N) is 1. The second kappa shape index (κ2) is 7.19. The Kier molecular flexibility index (Phi) is 5.89. The molecule has 3 nitrogen and oxygen atoms in total. The van der Waals surface area contributed by atoms with Crippen LogP contribution in [0.1, 0.15) is 37.0 Å². The summed E-state index contributed by atoms with van der Waals surface area (Å²) in [7, 11) is 0. The van der Waals surface area contributed by atoms with E-state index in [0.717, 1.165) is 18.9 Å². The molecule has 0 aliphatic carbocycles. The van der Waals surface area contributed by atoms with E-state index in [1.54, 1.807) is 0 Å². The average molecular weight is 270 g/mol.